The minimum atomic E-state index is -1.36. The zero-order valence-electron chi connectivity index (χ0n) is 6.99. The van der Waals surface area contributed by atoms with Crippen LogP contribution in [0.25, 0.3) is 0 Å². The maximum atomic E-state index is 11.0. The lowest BCUT2D eigenvalue weighted by molar-refractivity contribution is -0.123. The molecule has 2 amide bonds. The second-order valence-corrected chi connectivity index (χ2v) is 2.26. The molecule has 0 saturated carbocycles. The Bertz CT molecular complexity index is 185. The number of hydrogen-bond acceptors (Lipinski definition) is 4. The smallest absolute Gasteiger partial charge is 0.405 e. The van der Waals surface area contributed by atoms with Gasteiger partial charge in [0.05, 0.1) is 6.61 Å². The first-order chi connectivity index (χ1) is 6.11. The first kappa shape index (κ1) is 11.7. The fraction of sp³-hybridized carbons (Fsp3) is 0.667. The monoisotopic (exact) mass is 191 g/mol. The van der Waals surface area contributed by atoms with Gasteiger partial charge in [0.2, 0.25) is 5.91 Å². The van der Waals surface area contributed by atoms with E-state index in [1.807, 2.05) is 5.32 Å². The zero-order chi connectivity index (χ0) is 10.3. The summed E-state index contributed by atoms with van der Waals surface area (Å²) in [6, 6.07) is -1.14. The molecule has 0 spiro atoms. The van der Waals surface area contributed by atoms with Crippen molar-refractivity contribution in [2.75, 3.05) is 19.7 Å². The van der Waals surface area contributed by atoms with Crippen LogP contribution in [0.2, 0.25) is 0 Å². The van der Waals surface area contributed by atoms with Gasteiger partial charge in [0.15, 0.2) is 0 Å². The summed E-state index contributed by atoms with van der Waals surface area (Å²) in [6.07, 6.45) is -1.36. The van der Waals surface area contributed by atoms with E-state index >= 15 is 0 Å². The van der Waals surface area contributed by atoms with E-state index in [1.54, 1.807) is 0 Å². The van der Waals surface area contributed by atoms with Gasteiger partial charge in [-0.25, -0.2) is 4.79 Å². The lowest BCUT2D eigenvalue weighted by atomic mass is 10.3. The van der Waals surface area contributed by atoms with Crippen LogP contribution in [0.1, 0.15) is 0 Å². The average Bonchev–Trinajstić information content (AvgIpc) is 2.09. The van der Waals surface area contributed by atoms with E-state index in [0.717, 1.165) is 0 Å². The minimum Gasteiger partial charge on any atom is -0.465 e. The van der Waals surface area contributed by atoms with Crippen molar-refractivity contribution >= 4 is 12.0 Å². The van der Waals surface area contributed by atoms with E-state index in [2.05, 4.69) is 5.32 Å². The van der Waals surface area contributed by atoms with Crippen LogP contribution in [0.4, 0.5) is 4.79 Å². The number of carboxylic acid groups (broad SMARTS) is 1. The number of hydrogen-bond donors (Lipinski definition) is 5. The number of rotatable bonds is 5. The van der Waals surface area contributed by atoms with E-state index in [-0.39, 0.29) is 13.1 Å². The van der Waals surface area contributed by atoms with Crippen LogP contribution in [-0.4, -0.2) is 48.0 Å². The summed E-state index contributed by atoms with van der Waals surface area (Å²) in [5, 5.41) is 21.1. The third-order valence-corrected chi connectivity index (χ3v) is 1.24. The molecule has 6 N–H and O–H groups in total. The van der Waals surface area contributed by atoms with Gasteiger partial charge in [0, 0.05) is 13.1 Å². The first-order valence-electron chi connectivity index (χ1n) is 3.70. The van der Waals surface area contributed by atoms with Gasteiger partial charge in [-0.05, 0) is 0 Å². The second kappa shape index (κ2) is 6.21. The Morgan fingerprint density at radius 2 is 2.08 bits per heavy atom. The molecule has 0 aliphatic carbocycles. The van der Waals surface area contributed by atoms with Crippen LogP contribution >= 0.6 is 0 Å². The molecule has 7 nitrogen and oxygen atoms in total. The SMILES string of the molecule is NCCNC(=O)C(CO)NC(=O)O. The van der Waals surface area contributed by atoms with Crippen molar-refractivity contribution in [2.24, 2.45) is 5.73 Å². The lowest BCUT2D eigenvalue weighted by Crippen LogP contribution is -2.49. The largest absolute Gasteiger partial charge is 0.465 e. The van der Waals surface area contributed by atoms with Crippen molar-refractivity contribution in [1.82, 2.24) is 10.6 Å². The highest BCUT2D eigenvalue weighted by Gasteiger charge is 2.18. The fourth-order valence-electron chi connectivity index (χ4n) is 0.662. The minimum absolute atomic E-state index is 0.247. The number of aliphatic hydroxyl groups excluding tert-OH is 1. The molecule has 0 aromatic carbocycles. The van der Waals surface area contributed by atoms with E-state index in [4.69, 9.17) is 15.9 Å². The normalized spacial score (nSPS) is 11.8. The zero-order valence-corrected chi connectivity index (χ0v) is 6.99. The Hall–Kier alpha value is -1.34. The maximum Gasteiger partial charge on any atom is 0.405 e. The van der Waals surface area contributed by atoms with Crippen molar-refractivity contribution in [3.8, 4) is 0 Å². The Morgan fingerprint density at radius 3 is 2.46 bits per heavy atom. The molecule has 0 rings (SSSR count). The highest BCUT2D eigenvalue weighted by atomic mass is 16.4. The van der Waals surface area contributed by atoms with Crippen molar-refractivity contribution in [3.05, 3.63) is 0 Å². The molecule has 0 heterocycles. The molecular weight excluding hydrogens is 178 g/mol. The van der Waals surface area contributed by atoms with Crippen LogP contribution < -0.4 is 16.4 Å². The van der Waals surface area contributed by atoms with Crippen molar-refractivity contribution in [2.45, 2.75) is 6.04 Å². The maximum absolute atomic E-state index is 11.0. The number of aliphatic hydroxyl groups is 1. The molecule has 0 aromatic rings. The molecule has 0 radical (unpaired) electrons. The van der Waals surface area contributed by atoms with Gasteiger partial charge in [-0.1, -0.05) is 0 Å². The lowest BCUT2D eigenvalue weighted by Gasteiger charge is -2.13. The summed E-state index contributed by atoms with van der Waals surface area (Å²) in [5.74, 6) is -0.588. The predicted octanol–water partition coefficient (Wildman–Crippen LogP) is -2.31. The summed E-state index contributed by atoms with van der Waals surface area (Å²) in [4.78, 5) is 21.1. The molecule has 1 atom stereocenters. The van der Waals surface area contributed by atoms with E-state index in [1.165, 1.54) is 0 Å². The summed E-state index contributed by atoms with van der Waals surface area (Å²) < 4.78 is 0. The summed E-state index contributed by atoms with van der Waals surface area (Å²) in [6.45, 7) is -0.0731. The number of nitrogens with two attached hydrogens (primary N) is 1. The van der Waals surface area contributed by atoms with Crippen molar-refractivity contribution < 1.29 is 19.8 Å². The van der Waals surface area contributed by atoms with Crippen LogP contribution in [-0.2, 0) is 4.79 Å². The van der Waals surface area contributed by atoms with Crippen molar-refractivity contribution in [1.29, 1.82) is 0 Å². The topological polar surface area (TPSA) is 125 Å². The second-order valence-electron chi connectivity index (χ2n) is 2.26. The number of carbonyl (C=O) groups is 2. The highest BCUT2D eigenvalue weighted by molar-refractivity contribution is 5.85. The average molecular weight is 191 g/mol. The van der Waals surface area contributed by atoms with Crippen LogP contribution in [0.15, 0.2) is 0 Å². The van der Waals surface area contributed by atoms with E-state index in [0.29, 0.717) is 0 Å². The number of nitrogens with one attached hydrogen (secondary N) is 2. The Balaban J connectivity index is 3.92. The standard InChI is InChI=1S/C6H13N3O4/c7-1-2-8-5(11)4(3-10)9-6(12)13/h4,9-10H,1-3,7H2,(H,8,11)(H,12,13). The van der Waals surface area contributed by atoms with Gasteiger partial charge in [-0.2, -0.15) is 0 Å². The summed E-state index contributed by atoms with van der Waals surface area (Å²) >= 11 is 0. The molecule has 1 unspecified atom stereocenters. The fourth-order valence-corrected chi connectivity index (χ4v) is 0.662. The Kier molecular flexibility index (Phi) is 5.57. The Labute approximate surface area is 74.9 Å². The van der Waals surface area contributed by atoms with Crippen molar-refractivity contribution in [3.63, 3.8) is 0 Å². The quantitative estimate of drug-likeness (QED) is 0.334. The van der Waals surface area contributed by atoms with Crippen LogP contribution in [0.3, 0.4) is 0 Å². The number of amides is 2. The third kappa shape index (κ3) is 4.99. The molecule has 0 aliphatic rings. The molecule has 0 saturated heterocycles. The summed E-state index contributed by atoms with van der Waals surface area (Å²) in [7, 11) is 0. The molecule has 13 heavy (non-hydrogen) atoms. The van der Waals surface area contributed by atoms with Gasteiger partial charge in [0.25, 0.3) is 0 Å². The van der Waals surface area contributed by atoms with E-state index < -0.39 is 24.6 Å². The summed E-state index contributed by atoms with van der Waals surface area (Å²) in [5.41, 5.74) is 5.11. The number of carbonyl (C=O) groups excluding carboxylic acids is 1. The van der Waals surface area contributed by atoms with Crippen LogP contribution in [0.5, 0.6) is 0 Å². The molecular formula is C6H13N3O4. The molecule has 76 valence electrons. The van der Waals surface area contributed by atoms with Crippen LogP contribution in [0, 0.1) is 0 Å². The third-order valence-electron chi connectivity index (χ3n) is 1.24. The molecule has 0 fully saturated rings. The van der Waals surface area contributed by atoms with Gasteiger partial charge in [-0.15, -0.1) is 0 Å². The molecule has 7 heteroatoms. The molecule has 0 aliphatic heterocycles. The first-order valence-corrected chi connectivity index (χ1v) is 3.70. The van der Waals surface area contributed by atoms with Gasteiger partial charge in [0.1, 0.15) is 6.04 Å². The van der Waals surface area contributed by atoms with Gasteiger partial charge in [-0.3, -0.25) is 4.79 Å². The van der Waals surface area contributed by atoms with Gasteiger partial charge < -0.3 is 26.6 Å². The Morgan fingerprint density at radius 1 is 1.46 bits per heavy atom. The molecule has 0 bridgehead atoms. The van der Waals surface area contributed by atoms with E-state index in [9.17, 15) is 9.59 Å². The molecule has 0 aromatic heterocycles. The highest BCUT2D eigenvalue weighted by Crippen LogP contribution is 1.82. The predicted molar refractivity (Wildman–Crippen MR) is 44.1 cm³/mol. The van der Waals surface area contributed by atoms with Gasteiger partial charge >= 0.3 is 6.09 Å².